The highest BCUT2D eigenvalue weighted by Gasteiger charge is 2.25. The number of nitrogens with zero attached hydrogens (tertiary/aromatic N) is 1. The average Bonchev–Trinajstić information content (AvgIpc) is 2.55. The van der Waals surface area contributed by atoms with Crippen LogP contribution in [0.3, 0.4) is 0 Å². The second-order valence-corrected chi connectivity index (χ2v) is 6.02. The van der Waals surface area contributed by atoms with Crippen LogP contribution in [0, 0.1) is 0 Å². The molecule has 5 heteroatoms. The highest BCUT2D eigenvalue weighted by Crippen LogP contribution is 2.32. The number of carbonyl (C=O) groups excluding carboxylic acids is 2. The van der Waals surface area contributed by atoms with Gasteiger partial charge in [0.15, 0.2) is 0 Å². The molecule has 1 aromatic rings. The summed E-state index contributed by atoms with van der Waals surface area (Å²) < 4.78 is 0. The van der Waals surface area contributed by atoms with Crippen molar-refractivity contribution in [2.45, 2.75) is 5.25 Å². The zero-order chi connectivity index (χ0) is 15.5. The van der Waals surface area contributed by atoms with E-state index in [9.17, 15) is 9.59 Å². The maximum atomic E-state index is 12.1. The van der Waals surface area contributed by atoms with Gasteiger partial charge in [0, 0.05) is 12.6 Å². The number of benzene rings is 1. The number of thioether (sulfide) groups is 1. The van der Waals surface area contributed by atoms with Gasteiger partial charge >= 0.3 is 0 Å². The molecule has 1 unspecified atom stereocenters. The van der Waals surface area contributed by atoms with Gasteiger partial charge in [-0.15, -0.1) is 11.8 Å². The summed E-state index contributed by atoms with van der Waals surface area (Å²) in [5.74, 6) is -0.345. The summed E-state index contributed by atoms with van der Waals surface area (Å²) >= 11 is 1.50. The molecule has 0 fully saturated rings. The Morgan fingerprint density at radius 2 is 2.05 bits per heavy atom. The molecule has 0 saturated heterocycles. The Bertz CT molecular complexity index is 742. The third kappa shape index (κ3) is 2.94. The molecular formula is C17H14N2O2S. The van der Waals surface area contributed by atoms with Gasteiger partial charge in [0.05, 0.1) is 15.9 Å². The normalized spacial score (nSPS) is 21.5. The monoisotopic (exact) mass is 310 g/mol. The van der Waals surface area contributed by atoms with Crippen LogP contribution in [-0.2, 0) is 4.79 Å². The first-order valence-electron chi connectivity index (χ1n) is 6.85. The number of nitrogens with one attached hydrogen (secondary N) is 1. The minimum Gasteiger partial charge on any atom is -0.355 e. The smallest absolute Gasteiger partial charge is 0.283 e. The molecule has 1 aliphatic heterocycles. The summed E-state index contributed by atoms with van der Waals surface area (Å²) in [6.07, 6.45) is 9.55. The van der Waals surface area contributed by atoms with Crippen molar-refractivity contribution in [3.63, 3.8) is 0 Å². The van der Waals surface area contributed by atoms with E-state index in [4.69, 9.17) is 0 Å². The highest BCUT2D eigenvalue weighted by molar-refractivity contribution is 8.05. The molecule has 1 heterocycles. The first-order valence-corrected chi connectivity index (χ1v) is 7.73. The van der Waals surface area contributed by atoms with Gasteiger partial charge < -0.3 is 5.32 Å². The van der Waals surface area contributed by atoms with E-state index >= 15 is 0 Å². The third-order valence-electron chi connectivity index (χ3n) is 3.35. The van der Waals surface area contributed by atoms with Gasteiger partial charge in [-0.1, -0.05) is 30.4 Å². The highest BCUT2D eigenvalue weighted by atomic mass is 32.2. The van der Waals surface area contributed by atoms with E-state index in [-0.39, 0.29) is 17.1 Å². The van der Waals surface area contributed by atoms with E-state index in [1.54, 1.807) is 19.2 Å². The lowest BCUT2D eigenvalue weighted by Gasteiger charge is -2.20. The Morgan fingerprint density at radius 3 is 2.77 bits per heavy atom. The standard InChI is InChI=1S/C17H14N2O2S/c1-18-16(20)12-8-6-11(7-9-12)10-15-17(21)19-13-4-2-3-5-14(13)22-15/h2-10,14H,1H3,(H,18,20)/b15-10+. The minimum atomic E-state index is -0.216. The van der Waals surface area contributed by atoms with Gasteiger partial charge in [0.2, 0.25) is 0 Å². The fraction of sp³-hybridized carbons (Fsp3) is 0.118. The van der Waals surface area contributed by atoms with E-state index in [1.807, 2.05) is 42.5 Å². The van der Waals surface area contributed by atoms with Gasteiger partial charge in [-0.3, -0.25) is 9.59 Å². The molecule has 0 aromatic heterocycles. The number of fused-ring (bicyclic) bond motifs is 1. The van der Waals surface area contributed by atoms with E-state index < -0.39 is 0 Å². The molecule has 0 bridgehead atoms. The molecule has 1 aromatic carbocycles. The first-order chi connectivity index (χ1) is 10.7. The van der Waals surface area contributed by atoms with Crippen LogP contribution in [0.25, 0.3) is 6.08 Å². The second kappa shape index (κ2) is 6.15. The van der Waals surface area contributed by atoms with Crippen LogP contribution in [0.2, 0.25) is 0 Å². The molecule has 1 aliphatic carbocycles. The number of rotatable bonds is 2. The molecular weight excluding hydrogens is 296 g/mol. The van der Waals surface area contributed by atoms with Crippen molar-refractivity contribution < 1.29 is 9.59 Å². The van der Waals surface area contributed by atoms with Gasteiger partial charge in [0.1, 0.15) is 0 Å². The quantitative estimate of drug-likeness (QED) is 0.854. The van der Waals surface area contributed by atoms with Crippen molar-refractivity contribution in [1.29, 1.82) is 0 Å². The predicted octanol–water partition coefficient (Wildman–Crippen LogP) is 2.60. The predicted molar refractivity (Wildman–Crippen MR) is 89.9 cm³/mol. The van der Waals surface area contributed by atoms with Crippen molar-refractivity contribution in [3.8, 4) is 0 Å². The Kier molecular flexibility index (Phi) is 4.06. The van der Waals surface area contributed by atoms with E-state index in [0.717, 1.165) is 11.3 Å². The molecule has 3 rings (SSSR count). The molecule has 1 atom stereocenters. The zero-order valence-corrected chi connectivity index (χ0v) is 12.8. The van der Waals surface area contributed by atoms with Crippen LogP contribution in [-0.4, -0.2) is 29.8 Å². The SMILES string of the molecule is CNC(=O)c1ccc(/C=C2/SC3C=CC=CC3=NC2=O)cc1. The molecule has 1 N–H and O–H groups in total. The summed E-state index contributed by atoms with van der Waals surface area (Å²) in [7, 11) is 1.59. The van der Waals surface area contributed by atoms with Crippen molar-refractivity contribution >= 4 is 35.4 Å². The maximum Gasteiger partial charge on any atom is 0.283 e. The van der Waals surface area contributed by atoms with Gasteiger partial charge in [-0.2, -0.15) is 0 Å². The average molecular weight is 310 g/mol. The number of allylic oxidation sites excluding steroid dienone is 3. The summed E-state index contributed by atoms with van der Waals surface area (Å²) in [5, 5.41) is 2.67. The van der Waals surface area contributed by atoms with Gasteiger partial charge in [-0.25, -0.2) is 4.99 Å². The number of hydrogen-bond acceptors (Lipinski definition) is 3. The summed E-state index contributed by atoms with van der Waals surface area (Å²) in [4.78, 5) is 28.3. The molecule has 110 valence electrons. The lowest BCUT2D eigenvalue weighted by Crippen LogP contribution is -2.22. The van der Waals surface area contributed by atoms with Crippen molar-refractivity contribution in [2.24, 2.45) is 4.99 Å². The van der Waals surface area contributed by atoms with Gasteiger partial charge in [-0.05, 0) is 29.8 Å². The van der Waals surface area contributed by atoms with Crippen LogP contribution < -0.4 is 5.32 Å². The Hall–Kier alpha value is -2.40. The molecule has 2 aliphatic rings. The Morgan fingerprint density at radius 1 is 1.27 bits per heavy atom. The first kappa shape index (κ1) is 14.5. The third-order valence-corrected chi connectivity index (χ3v) is 4.55. The van der Waals surface area contributed by atoms with Crippen LogP contribution in [0.1, 0.15) is 15.9 Å². The molecule has 2 amide bonds. The van der Waals surface area contributed by atoms with E-state index in [2.05, 4.69) is 10.3 Å². The largest absolute Gasteiger partial charge is 0.355 e. The number of carbonyl (C=O) groups is 2. The fourth-order valence-electron chi connectivity index (χ4n) is 2.19. The number of aliphatic imine (C=N–C) groups is 1. The lowest BCUT2D eigenvalue weighted by atomic mass is 10.1. The van der Waals surface area contributed by atoms with Crippen LogP contribution in [0.15, 0.2) is 58.5 Å². The Labute approximate surface area is 132 Å². The van der Waals surface area contributed by atoms with Crippen LogP contribution in [0.4, 0.5) is 0 Å². The molecule has 22 heavy (non-hydrogen) atoms. The number of amides is 2. The van der Waals surface area contributed by atoms with Crippen LogP contribution >= 0.6 is 11.8 Å². The van der Waals surface area contributed by atoms with E-state index in [0.29, 0.717) is 10.5 Å². The van der Waals surface area contributed by atoms with Crippen molar-refractivity contribution in [1.82, 2.24) is 5.32 Å². The summed E-state index contributed by atoms with van der Waals surface area (Å²) in [6.45, 7) is 0. The molecule has 0 spiro atoms. The second-order valence-electron chi connectivity index (χ2n) is 4.83. The lowest BCUT2D eigenvalue weighted by molar-refractivity contribution is -0.113. The Balaban J connectivity index is 1.85. The molecule has 4 nitrogen and oxygen atoms in total. The van der Waals surface area contributed by atoms with Crippen molar-refractivity contribution in [3.05, 3.63) is 64.6 Å². The summed E-state index contributed by atoms with van der Waals surface area (Å²) in [6, 6.07) is 7.12. The zero-order valence-electron chi connectivity index (χ0n) is 11.9. The fourth-order valence-corrected chi connectivity index (χ4v) is 3.24. The minimum absolute atomic E-state index is 0.0964. The van der Waals surface area contributed by atoms with Crippen molar-refractivity contribution in [2.75, 3.05) is 7.05 Å². The van der Waals surface area contributed by atoms with Gasteiger partial charge in [0.25, 0.3) is 11.8 Å². The summed E-state index contributed by atoms with van der Waals surface area (Å²) in [5.41, 5.74) is 2.26. The maximum absolute atomic E-state index is 12.1. The molecule has 0 radical (unpaired) electrons. The topological polar surface area (TPSA) is 58.5 Å². The van der Waals surface area contributed by atoms with E-state index in [1.165, 1.54) is 11.8 Å². The number of hydrogen-bond donors (Lipinski definition) is 1. The van der Waals surface area contributed by atoms with Crippen LogP contribution in [0.5, 0.6) is 0 Å². The molecule has 0 saturated carbocycles.